The fourth-order valence-electron chi connectivity index (χ4n) is 2.18. The van der Waals surface area contributed by atoms with Crippen molar-refractivity contribution in [3.8, 4) is 12.8 Å². The predicted molar refractivity (Wildman–Crippen MR) is 97.5 cm³/mol. The van der Waals surface area contributed by atoms with Gasteiger partial charge in [0, 0.05) is 17.9 Å². The van der Waals surface area contributed by atoms with Crippen LogP contribution in [0.3, 0.4) is 0 Å². The van der Waals surface area contributed by atoms with Crippen LogP contribution < -0.4 is 0 Å². The van der Waals surface area contributed by atoms with Gasteiger partial charge in [0.25, 0.3) is 0 Å². The van der Waals surface area contributed by atoms with E-state index in [2.05, 4.69) is 31.6 Å². The second kappa shape index (κ2) is 17.2. The number of nitrogens with zero attached hydrogens (tertiary/aromatic N) is 2. The Balaban J connectivity index is 0. The summed E-state index contributed by atoms with van der Waals surface area (Å²) in [6.45, 7) is 7.06. The Hall–Kier alpha value is -2.13. The van der Waals surface area contributed by atoms with Crippen LogP contribution in [-0.4, -0.2) is 47.1 Å². The molecule has 0 aliphatic heterocycles. The van der Waals surface area contributed by atoms with E-state index in [0.717, 1.165) is 44.5 Å². The molecule has 0 fully saturated rings. The van der Waals surface area contributed by atoms with E-state index in [1.54, 1.807) is 6.08 Å². The lowest BCUT2D eigenvalue weighted by atomic mass is 10.1. The van der Waals surface area contributed by atoms with Crippen molar-refractivity contribution in [1.82, 2.24) is 4.90 Å². The van der Waals surface area contributed by atoms with Crippen molar-refractivity contribution in [3.05, 3.63) is 33.9 Å². The Bertz CT molecular complexity index is 422. The molecular formula is C18H30N2O4. The molecule has 136 valence electrons. The highest BCUT2D eigenvalue weighted by Crippen LogP contribution is 2.12. The molecule has 0 atom stereocenters. The summed E-state index contributed by atoms with van der Waals surface area (Å²) in [6, 6.07) is 0. The zero-order chi connectivity index (χ0) is 18.8. The molecule has 6 heteroatoms. The lowest BCUT2D eigenvalue weighted by molar-refractivity contribution is -0.468. The van der Waals surface area contributed by atoms with Crippen molar-refractivity contribution in [3.63, 3.8) is 0 Å². The molecule has 0 saturated heterocycles. The number of aliphatic carboxylic acids is 1. The summed E-state index contributed by atoms with van der Waals surface area (Å²) in [5, 5.41) is 19.1. The maximum Gasteiger partial charge on any atom is 0.303 e. The predicted octanol–water partition coefficient (Wildman–Crippen LogP) is 3.37. The molecule has 0 aliphatic carbocycles. The minimum absolute atomic E-state index is 0.0937. The van der Waals surface area contributed by atoms with Gasteiger partial charge in [-0.3, -0.25) is 14.9 Å². The van der Waals surface area contributed by atoms with Crippen LogP contribution in [-0.2, 0) is 4.79 Å². The molecule has 0 aliphatic rings. The molecule has 0 amide bonds. The summed E-state index contributed by atoms with van der Waals surface area (Å²) in [5.74, 6) is -0.820. The molecule has 0 radical (unpaired) electrons. The number of hydrogen-bond donors (Lipinski definition) is 1. The minimum atomic E-state index is -0.820. The van der Waals surface area contributed by atoms with E-state index in [-0.39, 0.29) is 13.0 Å². The van der Waals surface area contributed by atoms with Gasteiger partial charge >= 0.3 is 5.97 Å². The number of allylic oxidation sites excluding steroid dienone is 2. The van der Waals surface area contributed by atoms with E-state index in [0.29, 0.717) is 6.42 Å². The SMILES string of the molecule is C#C.CCCN(CCC)CC/C(=C/C=C\C[N+](=O)[O-])CCC(=O)O. The quantitative estimate of drug-likeness (QED) is 0.241. The van der Waals surface area contributed by atoms with Gasteiger partial charge in [0.1, 0.15) is 0 Å². The summed E-state index contributed by atoms with van der Waals surface area (Å²) in [4.78, 5) is 23.0. The average molecular weight is 338 g/mol. The first-order valence-electron chi connectivity index (χ1n) is 8.23. The molecule has 0 spiro atoms. The lowest BCUT2D eigenvalue weighted by Gasteiger charge is -2.21. The fraction of sp³-hybridized carbons (Fsp3) is 0.611. The molecule has 0 rings (SSSR count). The molecule has 0 aromatic heterocycles. The molecule has 24 heavy (non-hydrogen) atoms. The molecular weight excluding hydrogens is 308 g/mol. The third-order valence-electron chi connectivity index (χ3n) is 3.21. The lowest BCUT2D eigenvalue weighted by Crippen LogP contribution is -2.26. The van der Waals surface area contributed by atoms with Gasteiger partial charge < -0.3 is 10.0 Å². The zero-order valence-electron chi connectivity index (χ0n) is 14.8. The number of terminal acetylenes is 1. The van der Waals surface area contributed by atoms with E-state index in [9.17, 15) is 14.9 Å². The van der Waals surface area contributed by atoms with Crippen LogP contribution >= 0.6 is 0 Å². The second-order valence-electron chi connectivity index (χ2n) is 5.25. The fourth-order valence-corrected chi connectivity index (χ4v) is 2.18. The number of carboxylic acid groups (broad SMARTS) is 1. The molecule has 0 aromatic rings. The number of carbonyl (C=O) groups is 1. The molecule has 0 saturated carbocycles. The first kappa shape index (κ1) is 24.1. The number of carboxylic acids is 1. The normalized spacial score (nSPS) is 11.3. The van der Waals surface area contributed by atoms with Gasteiger partial charge in [0.15, 0.2) is 0 Å². The summed E-state index contributed by atoms with van der Waals surface area (Å²) in [7, 11) is 0. The van der Waals surface area contributed by atoms with Crippen LogP contribution in [0.5, 0.6) is 0 Å². The van der Waals surface area contributed by atoms with Gasteiger partial charge in [-0.15, -0.1) is 12.8 Å². The van der Waals surface area contributed by atoms with Crippen molar-refractivity contribution in [1.29, 1.82) is 0 Å². The topological polar surface area (TPSA) is 83.7 Å². The molecule has 1 N–H and O–H groups in total. The van der Waals surface area contributed by atoms with Crippen molar-refractivity contribution in [2.24, 2.45) is 0 Å². The van der Waals surface area contributed by atoms with Crippen LogP contribution in [0.2, 0.25) is 0 Å². The summed E-state index contributed by atoms with van der Waals surface area (Å²) >= 11 is 0. The zero-order valence-corrected chi connectivity index (χ0v) is 14.8. The van der Waals surface area contributed by atoms with Crippen LogP contribution in [0.1, 0.15) is 46.0 Å². The highest BCUT2D eigenvalue weighted by atomic mass is 16.6. The Morgan fingerprint density at radius 1 is 1.12 bits per heavy atom. The minimum Gasteiger partial charge on any atom is -0.481 e. The number of hydrogen-bond acceptors (Lipinski definition) is 4. The second-order valence-corrected chi connectivity index (χ2v) is 5.25. The average Bonchev–Trinajstić information content (AvgIpc) is 2.55. The van der Waals surface area contributed by atoms with Gasteiger partial charge in [0.05, 0.1) is 0 Å². The van der Waals surface area contributed by atoms with E-state index in [4.69, 9.17) is 5.11 Å². The Morgan fingerprint density at radius 3 is 2.17 bits per heavy atom. The largest absolute Gasteiger partial charge is 0.481 e. The molecule has 0 aromatic carbocycles. The smallest absolute Gasteiger partial charge is 0.303 e. The van der Waals surface area contributed by atoms with Crippen molar-refractivity contribution < 1.29 is 14.8 Å². The van der Waals surface area contributed by atoms with Crippen LogP contribution in [0.25, 0.3) is 0 Å². The highest BCUT2D eigenvalue weighted by Gasteiger charge is 2.06. The third-order valence-corrected chi connectivity index (χ3v) is 3.21. The van der Waals surface area contributed by atoms with Crippen molar-refractivity contribution >= 4 is 5.97 Å². The first-order valence-corrected chi connectivity index (χ1v) is 8.23. The van der Waals surface area contributed by atoms with E-state index in [1.807, 2.05) is 6.08 Å². The maximum atomic E-state index is 10.7. The summed E-state index contributed by atoms with van der Waals surface area (Å²) in [6.07, 6.45) is 16.5. The number of rotatable bonds is 13. The highest BCUT2D eigenvalue weighted by molar-refractivity contribution is 5.67. The third kappa shape index (κ3) is 16.2. The Labute approximate surface area is 145 Å². The first-order chi connectivity index (χ1) is 11.5. The van der Waals surface area contributed by atoms with Gasteiger partial charge in [-0.2, -0.15) is 0 Å². The Morgan fingerprint density at radius 2 is 1.71 bits per heavy atom. The maximum absolute atomic E-state index is 10.7. The van der Waals surface area contributed by atoms with Crippen LogP contribution in [0.4, 0.5) is 0 Å². The van der Waals surface area contributed by atoms with Crippen LogP contribution in [0.15, 0.2) is 23.8 Å². The van der Waals surface area contributed by atoms with E-state index in [1.165, 1.54) is 6.08 Å². The molecule has 0 bridgehead atoms. The van der Waals surface area contributed by atoms with E-state index < -0.39 is 10.9 Å². The molecule has 0 unspecified atom stereocenters. The number of nitro groups is 1. The van der Waals surface area contributed by atoms with Gasteiger partial charge in [-0.25, -0.2) is 0 Å². The van der Waals surface area contributed by atoms with Gasteiger partial charge in [-0.1, -0.05) is 31.6 Å². The van der Waals surface area contributed by atoms with Crippen molar-refractivity contribution in [2.75, 3.05) is 26.2 Å². The van der Waals surface area contributed by atoms with Crippen LogP contribution in [0, 0.1) is 23.0 Å². The standard InChI is InChI=1S/C16H28N2O4.C2H2/c1-3-11-17(12-4-2)14-10-15(8-9-16(19)20)7-5-6-13-18(21)22;1-2/h5-7H,3-4,8-14H2,1-2H3,(H,19,20);1-2H/b6-5-,15-7+;. The monoisotopic (exact) mass is 338 g/mol. The van der Waals surface area contributed by atoms with Gasteiger partial charge in [0.2, 0.25) is 6.54 Å². The van der Waals surface area contributed by atoms with Crippen molar-refractivity contribution in [2.45, 2.75) is 46.0 Å². The summed E-state index contributed by atoms with van der Waals surface area (Å²) in [5.41, 5.74) is 1.03. The Kier molecular flexibility index (Phi) is 17.3. The molecule has 0 heterocycles. The van der Waals surface area contributed by atoms with Gasteiger partial charge in [-0.05, 0) is 44.8 Å². The van der Waals surface area contributed by atoms with E-state index >= 15 is 0 Å². The molecule has 6 nitrogen and oxygen atoms in total. The summed E-state index contributed by atoms with van der Waals surface area (Å²) < 4.78 is 0.